The van der Waals surface area contributed by atoms with Crippen LogP contribution in [0.3, 0.4) is 0 Å². The van der Waals surface area contributed by atoms with Crippen LogP contribution in [-0.4, -0.2) is 40.0 Å². The summed E-state index contributed by atoms with van der Waals surface area (Å²) in [6.07, 6.45) is 4.27. The van der Waals surface area contributed by atoms with Crippen LogP contribution in [0.25, 0.3) is 10.6 Å². The van der Waals surface area contributed by atoms with E-state index in [9.17, 15) is 14.7 Å². The van der Waals surface area contributed by atoms with Crippen LogP contribution in [-0.2, 0) is 21.4 Å². The van der Waals surface area contributed by atoms with Crippen molar-refractivity contribution in [2.75, 3.05) is 13.1 Å². The molecule has 1 fully saturated rings. The second-order valence-electron chi connectivity index (χ2n) is 6.97. The molecule has 2 aromatic heterocycles. The Morgan fingerprint density at radius 2 is 1.93 bits per heavy atom. The number of piperidine rings is 1. The lowest BCUT2D eigenvalue weighted by atomic mass is 9.73. The summed E-state index contributed by atoms with van der Waals surface area (Å²) in [6, 6.07) is 11.2. The fourth-order valence-corrected chi connectivity index (χ4v) is 4.50. The van der Waals surface area contributed by atoms with E-state index >= 15 is 0 Å². The van der Waals surface area contributed by atoms with Gasteiger partial charge in [0.05, 0.1) is 23.8 Å². The number of rotatable bonds is 5. The Kier molecular flexibility index (Phi) is 5.00. The molecule has 1 aliphatic rings. The number of carbonyl (C=O) groups is 2. The predicted octanol–water partition coefficient (Wildman–Crippen LogP) is 3.59. The summed E-state index contributed by atoms with van der Waals surface area (Å²) in [5, 5.41) is 12.6. The van der Waals surface area contributed by atoms with Crippen molar-refractivity contribution in [3.05, 3.63) is 65.6 Å². The van der Waals surface area contributed by atoms with Crippen LogP contribution >= 0.6 is 11.3 Å². The molecule has 0 atom stereocenters. The van der Waals surface area contributed by atoms with Crippen molar-refractivity contribution in [1.82, 2.24) is 9.88 Å². The molecule has 1 saturated heterocycles. The molecule has 0 saturated carbocycles. The third kappa shape index (κ3) is 3.45. The molecule has 1 aliphatic heterocycles. The summed E-state index contributed by atoms with van der Waals surface area (Å²) in [7, 11) is 0. The van der Waals surface area contributed by atoms with Gasteiger partial charge in [-0.25, -0.2) is 4.98 Å². The van der Waals surface area contributed by atoms with Gasteiger partial charge >= 0.3 is 5.97 Å². The molecule has 0 spiro atoms. The largest absolute Gasteiger partial charge is 0.481 e. The molecule has 0 unspecified atom stereocenters. The third-order valence-electron chi connectivity index (χ3n) is 5.36. The predicted molar refractivity (Wildman–Crippen MR) is 105 cm³/mol. The quantitative estimate of drug-likeness (QED) is 0.713. The maximum Gasteiger partial charge on any atom is 0.314 e. The van der Waals surface area contributed by atoms with Crippen LogP contribution < -0.4 is 0 Å². The van der Waals surface area contributed by atoms with Gasteiger partial charge in [0.15, 0.2) is 0 Å². The maximum absolute atomic E-state index is 12.7. The number of carbonyl (C=O) groups excluding carboxylic acids is 1. The number of aromatic nitrogens is 1. The van der Waals surface area contributed by atoms with E-state index in [0.717, 1.165) is 21.8 Å². The average Bonchev–Trinajstić information content (AvgIpc) is 3.40. The molecule has 28 heavy (non-hydrogen) atoms. The average molecular weight is 396 g/mol. The van der Waals surface area contributed by atoms with Gasteiger partial charge in [0.2, 0.25) is 5.91 Å². The summed E-state index contributed by atoms with van der Waals surface area (Å²) >= 11 is 1.48. The maximum atomic E-state index is 12.7. The number of amides is 1. The molecule has 4 rings (SSSR count). The number of likely N-dealkylation sites (tertiary alicyclic amines) is 1. The molecule has 144 valence electrons. The molecule has 0 radical (unpaired) electrons. The number of benzene rings is 1. The van der Waals surface area contributed by atoms with E-state index in [1.54, 1.807) is 17.4 Å². The lowest BCUT2D eigenvalue weighted by molar-refractivity contribution is -0.148. The zero-order valence-corrected chi connectivity index (χ0v) is 16.0. The third-order valence-corrected chi connectivity index (χ3v) is 6.30. The Hall–Kier alpha value is -2.93. The van der Waals surface area contributed by atoms with E-state index in [2.05, 4.69) is 4.98 Å². The Morgan fingerprint density at radius 1 is 1.18 bits per heavy atom. The topological polar surface area (TPSA) is 83.6 Å². The highest BCUT2D eigenvalue weighted by atomic mass is 32.1. The van der Waals surface area contributed by atoms with E-state index in [1.165, 1.54) is 11.3 Å². The number of hydrogen-bond acceptors (Lipinski definition) is 5. The lowest BCUT2D eigenvalue weighted by Crippen LogP contribution is -2.49. The molecule has 0 bridgehead atoms. The Balaban J connectivity index is 1.42. The zero-order valence-electron chi connectivity index (χ0n) is 15.2. The second-order valence-corrected chi connectivity index (χ2v) is 7.82. The van der Waals surface area contributed by atoms with Gasteiger partial charge in [-0.05, 0) is 24.5 Å². The first kappa shape index (κ1) is 18.4. The minimum absolute atomic E-state index is 0.0175. The highest BCUT2D eigenvalue weighted by Crippen LogP contribution is 2.36. The van der Waals surface area contributed by atoms with Crippen LogP contribution in [0.5, 0.6) is 0 Å². The van der Waals surface area contributed by atoms with E-state index in [4.69, 9.17) is 4.42 Å². The van der Waals surface area contributed by atoms with Crippen molar-refractivity contribution in [3.8, 4) is 10.6 Å². The molecule has 6 nitrogen and oxygen atoms in total. The van der Waals surface area contributed by atoms with Crippen molar-refractivity contribution in [3.63, 3.8) is 0 Å². The highest BCUT2D eigenvalue weighted by molar-refractivity contribution is 7.13. The van der Waals surface area contributed by atoms with Crippen molar-refractivity contribution in [2.45, 2.75) is 24.7 Å². The van der Waals surface area contributed by atoms with Crippen molar-refractivity contribution in [2.24, 2.45) is 0 Å². The number of nitrogens with zero attached hydrogens (tertiary/aromatic N) is 2. The molecule has 3 heterocycles. The minimum atomic E-state index is -0.923. The number of hydrogen-bond donors (Lipinski definition) is 1. The van der Waals surface area contributed by atoms with Gasteiger partial charge in [-0.2, -0.15) is 0 Å². The van der Waals surface area contributed by atoms with E-state index in [-0.39, 0.29) is 12.3 Å². The van der Waals surface area contributed by atoms with Gasteiger partial charge in [-0.15, -0.1) is 11.3 Å². The summed E-state index contributed by atoms with van der Waals surface area (Å²) < 4.78 is 5.07. The summed E-state index contributed by atoms with van der Waals surface area (Å²) in [5.41, 5.74) is 1.51. The molecular weight excluding hydrogens is 376 g/mol. The number of aliphatic carboxylic acids is 1. The van der Waals surface area contributed by atoms with Gasteiger partial charge < -0.3 is 14.4 Å². The van der Waals surface area contributed by atoms with Crippen LogP contribution in [0.1, 0.15) is 24.1 Å². The Morgan fingerprint density at radius 3 is 2.57 bits per heavy atom. The second kappa shape index (κ2) is 7.59. The van der Waals surface area contributed by atoms with Crippen LogP contribution in [0.4, 0.5) is 0 Å². The molecule has 3 aromatic rings. The van der Waals surface area contributed by atoms with Crippen molar-refractivity contribution < 1.29 is 19.1 Å². The fraction of sp³-hybridized carbons (Fsp3) is 0.286. The molecule has 1 aromatic carbocycles. The zero-order chi connectivity index (χ0) is 19.6. The Bertz CT molecular complexity index is 957. The highest BCUT2D eigenvalue weighted by Gasteiger charge is 2.43. The molecule has 0 aliphatic carbocycles. The number of furan rings is 1. The first-order valence-corrected chi connectivity index (χ1v) is 10.0. The minimum Gasteiger partial charge on any atom is -0.481 e. The monoisotopic (exact) mass is 396 g/mol. The van der Waals surface area contributed by atoms with E-state index < -0.39 is 11.4 Å². The molecule has 1 amide bonds. The first-order chi connectivity index (χ1) is 13.6. The molecule has 1 N–H and O–H groups in total. The summed E-state index contributed by atoms with van der Waals surface area (Å²) in [4.78, 5) is 31.0. The molecule has 7 heteroatoms. The number of carboxylic acids is 1. The van der Waals surface area contributed by atoms with Crippen molar-refractivity contribution in [1.29, 1.82) is 0 Å². The number of carboxylic acid groups (broad SMARTS) is 1. The fourth-order valence-electron chi connectivity index (χ4n) is 3.69. The SMILES string of the molecule is O=C(Cc1csc(-c2ccoc2)n1)N1CCC(C(=O)O)(c2ccccc2)CC1. The first-order valence-electron chi connectivity index (χ1n) is 9.12. The normalized spacial score (nSPS) is 16.1. The number of thiazole rings is 1. The smallest absolute Gasteiger partial charge is 0.314 e. The summed E-state index contributed by atoms with van der Waals surface area (Å²) in [5.74, 6) is -0.842. The lowest BCUT2D eigenvalue weighted by Gasteiger charge is -2.39. The van der Waals surface area contributed by atoms with Crippen molar-refractivity contribution >= 4 is 23.2 Å². The Labute approximate surface area is 166 Å². The van der Waals surface area contributed by atoms with Gasteiger partial charge in [-0.3, -0.25) is 9.59 Å². The van der Waals surface area contributed by atoms with Crippen LogP contribution in [0, 0.1) is 0 Å². The van der Waals surface area contributed by atoms with Gasteiger partial charge in [0.25, 0.3) is 0 Å². The molecular formula is C21H20N2O4S. The summed E-state index contributed by atoms with van der Waals surface area (Å²) in [6.45, 7) is 0.859. The van der Waals surface area contributed by atoms with E-state index in [1.807, 2.05) is 41.8 Å². The van der Waals surface area contributed by atoms with Gasteiger partial charge in [0.1, 0.15) is 11.3 Å². The van der Waals surface area contributed by atoms with Crippen LogP contribution in [0.2, 0.25) is 0 Å². The van der Waals surface area contributed by atoms with E-state index in [0.29, 0.717) is 25.9 Å². The van der Waals surface area contributed by atoms with Gasteiger partial charge in [-0.1, -0.05) is 30.3 Å². The van der Waals surface area contributed by atoms with Gasteiger partial charge in [0, 0.05) is 24.0 Å². The van der Waals surface area contributed by atoms with Crippen LogP contribution in [0.15, 0.2) is 58.7 Å². The standard InChI is InChI=1S/C21H20N2O4S/c24-18(12-17-14-28-19(22-17)15-6-11-27-13-15)23-9-7-21(8-10-23,20(25)26)16-4-2-1-3-5-16/h1-6,11,13-14H,7-10,12H2,(H,25,26).